The van der Waals surface area contributed by atoms with Crippen molar-refractivity contribution in [3.8, 4) is 5.75 Å². The molecule has 0 heterocycles. The van der Waals surface area contributed by atoms with E-state index < -0.39 is 29.8 Å². The number of amides is 1. The van der Waals surface area contributed by atoms with Gasteiger partial charge in [0.1, 0.15) is 5.54 Å². The Hall–Kier alpha value is -2.11. The molecular formula is C13H14FNO4. The molecule has 5 nitrogen and oxygen atoms in total. The van der Waals surface area contributed by atoms with E-state index in [0.717, 1.165) is 5.56 Å². The molecular weight excluding hydrogens is 253 g/mol. The summed E-state index contributed by atoms with van der Waals surface area (Å²) in [6.45, 7) is 1.37. The smallest absolute Gasteiger partial charge is 0.329 e. The number of rotatable bonds is 5. The lowest BCUT2D eigenvalue weighted by atomic mass is 10.2. The molecule has 1 amide bonds. The lowest BCUT2D eigenvalue weighted by molar-refractivity contribution is -0.143. The van der Waals surface area contributed by atoms with Crippen LogP contribution >= 0.6 is 0 Å². The normalized spacial score (nSPS) is 15.7. The largest absolute Gasteiger partial charge is 0.481 e. The third-order valence-electron chi connectivity index (χ3n) is 2.98. The zero-order chi connectivity index (χ0) is 14.0. The van der Waals surface area contributed by atoms with Crippen molar-refractivity contribution in [1.29, 1.82) is 0 Å². The summed E-state index contributed by atoms with van der Waals surface area (Å²) in [6, 6.07) is 4.32. The summed E-state index contributed by atoms with van der Waals surface area (Å²) in [5, 5.41) is 11.3. The summed E-state index contributed by atoms with van der Waals surface area (Å²) >= 11 is 0. The highest BCUT2D eigenvalue weighted by atomic mass is 19.1. The van der Waals surface area contributed by atoms with E-state index in [1.165, 1.54) is 12.1 Å². The average molecular weight is 267 g/mol. The number of benzene rings is 1. The van der Waals surface area contributed by atoms with Crippen LogP contribution in [0.2, 0.25) is 0 Å². The van der Waals surface area contributed by atoms with E-state index in [0.29, 0.717) is 12.8 Å². The van der Waals surface area contributed by atoms with Crippen LogP contribution < -0.4 is 10.1 Å². The summed E-state index contributed by atoms with van der Waals surface area (Å²) in [5.74, 6) is -2.20. The topological polar surface area (TPSA) is 75.6 Å². The summed E-state index contributed by atoms with van der Waals surface area (Å²) in [4.78, 5) is 22.4. The number of carboxylic acids is 1. The van der Waals surface area contributed by atoms with Crippen LogP contribution in [0.1, 0.15) is 18.4 Å². The first-order valence-corrected chi connectivity index (χ1v) is 5.86. The van der Waals surface area contributed by atoms with Crippen molar-refractivity contribution in [1.82, 2.24) is 5.32 Å². The quantitative estimate of drug-likeness (QED) is 0.841. The summed E-state index contributed by atoms with van der Waals surface area (Å²) in [7, 11) is 0. The second-order valence-electron chi connectivity index (χ2n) is 4.66. The second-order valence-corrected chi connectivity index (χ2v) is 4.66. The van der Waals surface area contributed by atoms with E-state index in [1.54, 1.807) is 13.0 Å². The zero-order valence-corrected chi connectivity index (χ0v) is 10.4. The molecule has 0 atom stereocenters. The van der Waals surface area contributed by atoms with Crippen LogP contribution in [0, 0.1) is 12.7 Å². The van der Waals surface area contributed by atoms with Crippen LogP contribution in [-0.2, 0) is 9.59 Å². The molecule has 0 spiro atoms. The molecule has 0 aliphatic heterocycles. The number of aryl methyl sites for hydroxylation is 1. The minimum absolute atomic E-state index is 0.0182. The van der Waals surface area contributed by atoms with Gasteiger partial charge >= 0.3 is 5.97 Å². The van der Waals surface area contributed by atoms with Gasteiger partial charge in [-0.25, -0.2) is 9.18 Å². The van der Waals surface area contributed by atoms with Crippen molar-refractivity contribution in [2.75, 3.05) is 6.61 Å². The molecule has 1 aromatic carbocycles. The van der Waals surface area contributed by atoms with E-state index in [2.05, 4.69) is 5.32 Å². The lowest BCUT2D eigenvalue weighted by Gasteiger charge is -2.13. The van der Waals surface area contributed by atoms with E-state index in [1.807, 2.05) is 0 Å². The van der Waals surface area contributed by atoms with Crippen molar-refractivity contribution in [3.63, 3.8) is 0 Å². The van der Waals surface area contributed by atoms with Crippen LogP contribution in [0.3, 0.4) is 0 Å². The predicted octanol–water partition coefficient (Wildman–Crippen LogP) is 1.25. The summed E-state index contributed by atoms with van der Waals surface area (Å²) < 4.78 is 18.4. The number of hydrogen-bond donors (Lipinski definition) is 2. The maximum absolute atomic E-state index is 13.3. The molecule has 6 heteroatoms. The van der Waals surface area contributed by atoms with Gasteiger partial charge < -0.3 is 15.2 Å². The van der Waals surface area contributed by atoms with Gasteiger partial charge in [0, 0.05) is 0 Å². The first-order valence-electron chi connectivity index (χ1n) is 5.86. The molecule has 0 aromatic heterocycles. The average Bonchev–Trinajstić information content (AvgIpc) is 3.11. The fraction of sp³-hybridized carbons (Fsp3) is 0.385. The number of carbonyl (C=O) groups is 2. The first-order chi connectivity index (χ1) is 8.93. The van der Waals surface area contributed by atoms with Crippen LogP contribution in [0.25, 0.3) is 0 Å². The molecule has 1 aromatic rings. The van der Waals surface area contributed by atoms with Crippen molar-refractivity contribution in [3.05, 3.63) is 29.6 Å². The Morgan fingerprint density at radius 3 is 2.74 bits per heavy atom. The molecule has 102 valence electrons. The molecule has 19 heavy (non-hydrogen) atoms. The third-order valence-corrected chi connectivity index (χ3v) is 2.98. The monoisotopic (exact) mass is 267 g/mol. The SMILES string of the molecule is Cc1ccc(F)c(OCC(=O)NC2(C(=O)O)CC2)c1. The van der Waals surface area contributed by atoms with E-state index in [-0.39, 0.29) is 5.75 Å². The molecule has 2 rings (SSSR count). The number of ether oxygens (including phenoxy) is 1. The van der Waals surface area contributed by atoms with Crippen molar-refractivity contribution in [2.24, 2.45) is 0 Å². The Balaban J connectivity index is 1.90. The minimum atomic E-state index is -1.15. The van der Waals surface area contributed by atoms with Gasteiger partial charge in [-0.15, -0.1) is 0 Å². The van der Waals surface area contributed by atoms with Gasteiger partial charge in [0.15, 0.2) is 18.2 Å². The molecule has 0 unspecified atom stereocenters. The van der Waals surface area contributed by atoms with Gasteiger partial charge in [-0.1, -0.05) is 6.07 Å². The molecule has 1 aliphatic rings. The minimum Gasteiger partial charge on any atom is -0.481 e. The van der Waals surface area contributed by atoms with Crippen molar-refractivity contribution in [2.45, 2.75) is 25.3 Å². The molecule has 0 saturated heterocycles. The third kappa shape index (κ3) is 3.01. The van der Waals surface area contributed by atoms with Gasteiger partial charge in [0.25, 0.3) is 5.91 Å². The van der Waals surface area contributed by atoms with Crippen LogP contribution in [0.5, 0.6) is 5.75 Å². The highest BCUT2D eigenvalue weighted by Gasteiger charge is 2.51. The highest BCUT2D eigenvalue weighted by molar-refractivity contribution is 5.90. The van der Waals surface area contributed by atoms with Gasteiger partial charge in [0.2, 0.25) is 0 Å². The molecule has 1 aliphatic carbocycles. The second kappa shape index (κ2) is 4.87. The van der Waals surface area contributed by atoms with Crippen LogP contribution in [0.4, 0.5) is 4.39 Å². The van der Waals surface area contributed by atoms with E-state index >= 15 is 0 Å². The molecule has 2 N–H and O–H groups in total. The van der Waals surface area contributed by atoms with E-state index in [4.69, 9.17) is 9.84 Å². The first kappa shape index (κ1) is 13.3. The zero-order valence-electron chi connectivity index (χ0n) is 10.4. The number of halogens is 1. The summed E-state index contributed by atoms with van der Waals surface area (Å²) in [5.41, 5.74) is -0.341. The Bertz CT molecular complexity index is 525. The predicted molar refractivity (Wildman–Crippen MR) is 64.4 cm³/mol. The van der Waals surface area contributed by atoms with E-state index in [9.17, 15) is 14.0 Å². The number of carbonyl (C=O) groups excluding carboxylic acids is 1. The molecule has 0 bridgehead atoms. The maximum atomic E-state index is 13.3. The number of hydrogen-bond acceptors (Lipinski definition) is 3. The van der Waals surface area contributed by atoms with Crippen LogP contribution in [0.15, 0.2) is 18.2 Å². The van der Waals surface area contributed by atoms with Gasteiger partial charge in [-0.05, 0) is 37.5 Å². The fourth-order valence-corrected chi connectivity index (χ4v) is 1.68. The Kier molecular flexibility index (Phi) is 3.42. The molecule has 1 fully saturated rings. The Morgan fingerprint density at radius 1 is 1.47 bits per heavy atom. The molecule has 0 radical (unpaired) electrons. The number of nitrogens with one attached hydrogen (secondary N) is 1. The standard InChI is InChI=1S/C13H14FNO4/c1-8-2-3-9(14)10(6-8)19-7-11(16)15-13(4-5-13)12(17)18/h2-3,6H,4-5,7H2,1H3,(H,15,16)(H,17,18). The van der Waals surface area contributed by atoms with Crippen LogP contribution in [-0.4, -0.2) is 29.1 Å². The summed E-state index contributed by atoms with van der Waals surface area (Å²) in [6.07, 6.45) is 0.819. The molecule has 1 saturated carbocycles. The Labute approximate surface area is 109 Å². The van der Waals surface area contributed by atoms with Crippen molar-refractivity contribution >= 4 is 11.9 Å². The Morgan fingerprint density at radius 2 is 2.16 bits per heavy atom. The fourth-order valence-electron chi connectivity index (χ4n) is 1.68. The maximum Gasteiger partial charge on any atom is 0.329 e. The van der Waals surface area contributed by atoms with Gasteiger partial charge in [-0.3, -0.25) is 4.79 Å². The number of carboxylic acid groups (broad SMARTS) is 1. The van der Waals surface area contributed by atoms with Gasteiger partial charge in [0.05, 0.1) is 0 Å². The lowest BCUT2D eigenvalue weighted by Crippen LogP contribution is -2.45. The van der Waals surface area contributed by atoms with Crippen molar-refractivity contribution < 1.29 is 23.8 Å². The highest BCUT2D eigenvalue weighted by Crippen LogP contribution is 2.35. The number of aliphatic carboxylic acids is 1. The van der Waals surface area contributed by atoms with Gasteiger partial charge in [-0.2, -0.15) is 0 Å².